The van der Waals surface area contributed by atoms with Gasteiger partial charge in [0.05, 0.1) is 27.3 Å². The molecule has 2 aromatic heterocycles. The zero-order valence-electron chi connectivity index (χ0n) is 13.5. The molecule has 6 heteroatoms. The first kappa shape index (κ1) is 15.0. The molecule has 0 saturated carbocycles. The van der Waals surface area contributed by atoms with Crippen molar-refractivity contribution < 1.29 is 4.92 Å². The van der Waals surface area contributed by atoms with E-state index in [9.17, 15) is 10.1 Å². The maximum absolute atomic E-state index is 11.6. The third-order valence-corrected chi connectivity index (χ3v) is 4.11. The Kier molecular flexibility index (Phi) is 3.50. The number of pyridine rings is 1. The topological polar surface area (TPSA) is 73.8 Å². The van der Waals surface area contributed by atoms with Gasteiger partial charge in [-0.05, 0) is 24.6 Å². The number of hydrogen-bond acceptors (Lipinski definition) is 4. The Morgan fingerprint density at radius 2 is 1.64 bits per heavy atom. The van der Waals surface area contributed by atoms with E-state index in [-0.39, 0.29) is 5.69 Å². The molecule has 4 aromatic rings. The van der Waals surface area contributed by atoms with Crippen molar-refractivity contribution in [3.63, 3.8) is 0 Å². The van der Waals surface area contributed by atoms with Gasteiger partial charge in [0.15, 0.2) is 5.65 Å². The summed E-state index contributed by atoms with van der Waals surface area (Å²) in [5.41, 5.74) is 3.48. The molecule has 0 N–H and O–H groups in total. The minimum absolute atomic E-state index is 0.0191. The highest BCUT2D eigenvalue weighted by atomic mass is 16.6. The average molecular weight is 330 g/mol. The fraction of sp³-hybridized carbons (Fsp3) is 0.0526. The summed E-state index contributed by atoms with van der Waals surface area (Å²) in [4.78, 5) is 15.5. The van der Waals surface area contributed by atoms with Crippen LogP contribution in [0.25, 0.3) is 27.8 Å². The lowest BCUT2D eigenvalue weighted by molar-refractivity contribution is -0.384. The lowest BCUT2D eigenvalue weighted by Crippen LogP contribution is -1.99. The molecule has 0 aliphatic heterocycles. The van der Waals surface area contributed by atoms with Gasteiger partial charge in [-0.3, -0.25) is 10.1 Å². The van der Waals surface area contributed by atoms with Crippen molar-refractivity contribution in [2.24, 2.45) is 0 Å². The Labute approximate surface area is 143 Å². The summed E-state index contributed by atoms with van der Waals surface area (Å²) in [7, 11) is 0. The first-order chi connectivity index (χ1) is 12.2. The fourth-order valence-corrected chi connectivity index (χ4v) is 3.03. The number of hydrogen-bond donors (Lipinski definition) is 0. The molecular formula is C19H14N4O2. The molecule has 0 saturated heterocycles. The number of para-hydroxylation sites is 1. The molecule has 0 aliphatic rings. The Balaban J connectivity index is 2.10. The molecule has 122 valence electrons. The monoisotopic (exact) mass is 330 g/mol. The van der Waals surface area contributed by atoms with Crippen molar-refractivity contribution >= 4 is 16.7 Å². The first-order valence-electron chi connectivity index (χ1n) is 7.80. The quantitative estimate of drug-likeness (QED) is 0.414. The molecule has 0 radical (unpaired) electrons. The van der Waals surface area contributed by atoms with Gasteiger partial charge in [-0.1, -0.05) is 48.5 Å². The van der Waals surface area contributed by atoms with Crippen LogP contribution in [0.4, 0.5) is 5.69 Å². The summed E-state index contributed by atoms with van der Waals surface area (Å²) >= 11 is 0. The van der Waals surface area contributed by atoms with Crippen molar-refractivity contribution in [2.75, 3.05) is 0 Å². The third kappa shape index (κ3) is 2.44. The third-order valence-electron chi connectivity index (χ3n) is 4.11. The van der Waals surface area contributed by atoms with E-state index in [1.807, 2.05) is 67.6 Å². The van der Waals surface area contributed by atoms with Gasteiger partial charge in [-0.2, -0.15) is 5.10 Å². The molecule has 6 nitrogen and oxygen atoms in total. The van der Waals surface area contributed by atoms with Crippen LogP contribution in [0, 0.1) is 17.0 Å². The minimum Gasteiger partial charge on any atom is -0.258 e. The zero-order chi connectivity index (χ0) is 17.4. The van der Waals surface area contributed by atoms with E-state index >= 15 is 0 Å². The van der Waals surface area contributed by atoms with Crippen LogP contribution in [0.1, 0.15) is 5.69 Å². The Hall–Kier alpha value is -3.54. The lowest BCUT2D eigenvalue weighted by Gasteiger charge is -2.06. The van der Waals surface area contributed by atoms with Crippen molar-refractivity contribution in [1.82, 2.24) is 14.8 Å². The number of fused-ring (bicyclic) bond motifs is 1. The number of nitro groups is 1. The van der Waals surface area contributed by atoms with Crippen molar-refractivity contribution in [2.45, 2.75) is 6.92 Å². The summed E-state index contributed by atoms with van der Waals surface area (Å²) in [6, 6.07) is 19.0. The largest absolute Gasteiger partial charge is 0.296 e. The van der Waals surface area contributed by atoms with Gasteiger partial charge in [0.25, 0.3) is 5.69 Å². The van der Waals surface area contributed by atoms with Gasteiger partial charge in [0.1, 0.15) is 6.20 Å². The normalized spacial score (nSPS) is 10.9. The van der Waals surface area contributed by atoms with E-state index in [4.69, 9.17) is 0 Å². The van der Waals surface area contributed by atoms with Gasteiger partial charge in [-0.25, -0.2) is 9.67 Å². The van der Waals surface area contributed by atoms with Crippen LogP contribution >= 0.6 is 0 Å². The smallest absolute Gasteiger partial charge is 0.258 e. The second kappa shape index (κ2) is 5.83. The van der Waals surface area contributed by atoms with Gasteiger partial charge < -0.3 is 0 Å². The standard InChI is InChI=1S/C19H14N4O2/c1-13-17-18(14-8-4-2-5-9-14)16(23(24)25)12-20-19(17)22(21-13)15-10-6-3-7-11-15/h2-12H,1H3. The van der Waals surface area contributed by atoms with Gasteiger partial charge in [0, 0.05) is 0 Å². The maximum Gasteiger partial charge on any atom is 0.296 e. The number of aromatic nitrogens is 3. The van der Waals surface area contributed by atoms with Crippen LogP contribution in [-0.2, 0) is 0 Å². The fourth-order valence-electron chi connectivity index (χ4n) is 3.03. The van der Waals surface area contributed by atoms with Crippen molar-refractivity contribution in [1.29, 1.82) is 0 Å². The summed E-state index contributed by atoms with van der Waals surface area (Å²) < 4.78 is 1.72. The zero-order valence-corrected chi connectivity index (χ0v) is 13.5. The highest BCUT2D eigenvalue weighted by molar-refractivity contribution is 5.99. The molecule has 0 atom stereocenters. The van der Waals surface area contributed by atoms with Crippen LogP contribution in [0.15, 0.2) is 66.9 Å². The van der Waals surface area contributed by atoms with Crippen LogP contribution in [-0.4, -0.2) is 19.7 Å². The molecule has 0 bridgehead atoms. The number of rotatable bonds is 3. The number of benzene rings is 2. The van der Waals surface area contributed by atoms with Crippen molar-refractivity contribution in [3.05, 3.63) is 82.7 Å². The Morgan fingerprint density at radius 1 is 1.00 bits per heavy atom. The SMILES string of the molecule is Cc1nn(-c2ccccc2)c2ncc([N+](=O)[O-])c(-c3ccccc3)c12. The van der Waals surface area contributed by atoms with Crippen LogP contribution < -0.4 is 0 Å². The number of aryl methyl sites for hydroxylation is 1. The molecule has 0 amide bonds. The van der Waals surface area contributed by atoms with E-state index in [0.29, 0.717) is 22.3 Å². The molecule has 25 heavy (non-hydrogen) atoms. The molecule has 4 rings (SSSR count). The Morgan fingerprint density at radius 3 is 2.28 bits per heavy atom. The van der Waals surface area contributed by atoms with Crippen molar-refractivity contribution in [3.8, 4) is 16.8 Å². The predicted molar refractivity (Wildman–Crippen MR) is 95.7 cm³/mol. The lowest BCUT2D eigenvalue weighted by atomic mass is 10.0. The summed E-state index contributed by atoms with van der Waals surface area (Å²) in [5, 5.41) is 16.8. The van der Waals surface area contributed by atoms with Crippen LogP contribution in [0.2, 0.25) is 0 Å². The molecule has 2 heterocycles. The van der Waals surface area contributed by atoms with Gasteiger partial charge in [0.2, 0.25) is 0 Å². The van der Waals surface area contributed by atoms with Gasteiger partial charge in [-0.15, -0.1) is 0 Å². The summed E-state index contributed by atoms with van der Waals surface area (Å²) in [6.45, 7) is 1.85. The molecule has 2 aromatic carbocycles. The second-order valence-electron chi connectivity index (χ2n) is 5.67. The maximum atomic E-state index is 11.6. The highest BCUT2D eigenvalue weighted by Crippen LogP contribution is 2.37. The van der Waals surface area contributed by atoms with E-state index in [2.05, 4.69) is 10.1 Å². The van der Waals surface area contributed by atoms with E-state index < -0.39 is 4.92 Å². The second-order valence-corrected chi connectivity index (χ2v) is 5.67. The number of nitrogens with zero attached hydrogens (tertiary/aromatic N) is 4. The predicted octanol–water partition coefficient (Wildman–Crippen LogP) is 4.30. The molecule has 0 spiro atoms. The molecule has 0 unspecified atom stereocenters. The summed E-state index contributed by atoms with van der Waals surface area (Å²) in [6.07, 6.45) is 1.31. The first-order valence-corrected chi connectivity index (χ1v) is 7.80. The minimum atomic E-state index is -0.395. The molecule has 0 fully saturated rings. The van der Waals surface area contributed by atoms with Crippen LogP contribution in [0.3, 0.4) is 0 Å². The molecular weight excluding hydrogens is 316 g/mol. The summed E-state index contributed by atoms with van der Waals surface area (Å²) in [5.74, 6) is 0. The highest BCUT2D eigenvalue weighted by Gasteiger charge is 2.24. The van der Waals surface area contributed by atoms with E-state index in [1.54, 1.807) is 4.68 Å². The molecule has 0 aliphatic carbocycles. The van der Waals surface area contributed by atoms with Gasteiger partial charge >= 0.3 is 0 Å². The average Bonchev–Trinajstić information content (AvgIpc) is 2.99. The Bertz CT molecular complexity index is 1070. The van der Waals surface area contributed by atoms with Crippen LogP contribution in [0.5, 0.6) is 0 Å². The van der Waals surface area contributed by atoms with E-state index in [0.717, 1.165) is 11.3 Å². The van der Waals surface area contributed by atoms with E-state index in [1.165, 1.54) is 6.20 Å².